The number of carboxylic acid groups (broad SMARTS) is 1. The Morgan fingerprint density at radius 2 is 1.95 bits per heavy atom. The van der Waals surface area contributed by atoms with E-state index in [9.17, 15) is 9.59 Å². The van der Waals surface area contributed by atoms with E-state index in [0.717, 1.165) is 25.9 Å². The van der Waals surface area contributed by atoms with Crippen molar-refractivity contribution in [3.63, 3.8) is 0 Å². The summed E-state index contributed by atoms with van der Waals surface area (Å²) in [5.74, 6) is -1.08. The Balaban J connectivity index is 2.32. The Hall–Kier alpha value is -1.78. The van der Waals surface area contributed by atoms with E-state index >= 15 is 0 Å². The summed E-state index contributed by atoms with van der Waals surface area (Å²) >= 11 is 0. The lowest BCUT2D eigenvalue weighted by molar-refractivity contribution is 0.0582. The Morgan fingerprint density at radius 3 is 2.45 bits per heavy atom. The van der Waals surface area contributed by atoms with Crippen LogP contribution in [0.4, 0.5) is 0 Å². The number of hydrogen-bond acceptors (Lipinski definition) is 2. The first-order valence-corrected chi connectivity index (χ1v) is 6.95. The van der Waals surface area contributed by atoms with E-state index in [0.29, 0.717) is 16.8 Å². The largest absolute Gasteiger partial charge is 0.477 e. The van der Waals surface area contributed by atoms with Gasteiger partial charge in [0.1, 0.15) is 5.69 Å². The van der Waals surface area contributed by atoms with Crippen LogP contribution in [-0.4, -0.2) is 40.0 Å². The van der Waals surface area contributed by atoms with Crippen LogP contribution in [-0.2, 0) is 0 Å². The van der Waals surface area contributed by atoms with Crippen molar-refractivity contribution < 1.29 is 14.7 Å². The molecule has 0 atom stereocenters. The summed E-state index contributed by atoms with van der Waals surface area (Å²) in [6.45, 7) is 9.22. The highest BCUT2D eigenvalue weighted by atomic mass is 16.4. The van der Waals surface area contributed by atoms with E-state index in [1.54, 1.807) is 13.8 Å². The van der Waals surface area contributed by atoms with Crippen LogP contribution in [0.5, 0.6) is 0 Å². The van der Waals surface area contributed by atoms with Crippen molar-refractivity contribution in [1.82, 2.24) is 9.88 Å². The molecule has 0 bridgehead atoms. The molecule has 0 aromatic carbocycles. The molecule has 1 aliphatic rings. The lowest BCUT2D eigenvalue weighted by Crippen LogP contribution is -2.43. The summed E-state index contributed by atoms with van der Waals surface area (Å²) in [4.78, 5) is 28.5. The number of nitrogens with zero attached hydrogens (tertiary/aromatic N) is 1. The molecule has 0 unspecified atom stereocenters. The van der Waals surface area contributed by atoms with Crippen LogP contribution in [0.2, 0.25) is 0 Å². The van der Waals surface area contributed by atoms with Gasteiger partial charge in [0, 0.05) is 18.8 Å². The lowest BCUT2D eigenvalue weighted by Gasteiger charge is -2.38. The number of aromatic amines is 1. The number of H-pyrrole nitrogens is 1. The van der Waals surface area contributed by atoms with Crippen LogP contribution < -0.4 is 0 Å². The lowest BCUT2D eigenvalue weighted by atomic mass is 9.84. The fourth-order valence-corrected chi connectivity index (χ4v) is 3.04. The number of carboxylic acids is 1. The number of likely N-dealkylation sites (tertiary alicyclic amines) is 1. The first-order chi connectivity index (χ1) is 9.23. The maximum Gasteiger partial charge on any atom is 0.352 e. The smallest absolute Gasteiger partial charge is 0.352 e. The zero-order valence-corrected chi connectivity index (χ0v) is 12.5. The molecule has 2 rings (SSSR count). The quantitative estimate of drug-likeness (QED) is 0.873. The van der Waals surface area contributed by atoms with Gasteiger partial charge in [0.05, 0.1) is 5.56 Å². The standard InChI is InChI=1S/C15H22N2O3/c1-9-11(10(2)16-12(9)14(19)20)13(18)17-7-5-6-15(3,4)8-17/h16H,5-8H2,1-4H3,(H,19,20). The average molecular weight is 278 g/mol. The number of aromatic nitrogens is 1. The number of piperidine rings is 1. The predicted molar refractivity (Wildman–Crippen MR) is 76.1 cm³/mol. The van der Waals surface area contributed by atoms with E-state index < -0.39 is 5.97 Å². The summed E-state index contributed by atoms with van der Waals surface area (Å²) in [5.41, 5.74) is 1.92. The molecule has 1 saturated heterocycles. The van der Waals surface area contributed by atoms with Gasteiger partial charge in [-0.25, -0.2) is 4.79 Å². The van der Waals surface area contributed by atoms with Gasteiger partial charge in [0.15, 0.2) is 0 Å². The van der Waals surface area contributed by atoms with Crippen LogP contribution in [0.1, 0.15) is 58.8 Å². The van der Waals surface area contributed by atoms with Gasteiger partial charge in [0.25, 0.3) is 5.91 Å². The van der Waals surface area contributed by atoms with E-state index in [4.69, 9.17) is 5.11 Å². The number of carbonyl (C=O) groups excluding carboxylic acids is 1. The molecule has 1 fully saturated rings. The summed E-state index contributed by atoms with van der Waals surface area (Å²) < 4.78 is 0. The van der Waals surface area contributed by atoms with E-state index in [2.05, 4.69) is 18.8 Å². The van der Waals surface area contributed by atoms with Gasteiger partial charge in [-0.15, -0.1) is 0 Å². The Bertz CT molecular complexity index is 558. The topological polar surface area (TPSA) is 73.4 Å². The van der Waals surface area contributed by atoms with Crippen molar-refractivity contribution >= 4 is 11.9 Å². The molecular formula is C15H22N2O3. The number of nitrogens with one attached hydrogen (secondary N) is 1. The Morgan fingerprint density at radius 1 is 1.30 bits per heavy atom. The number of aromatic carboxylic acids is 1. The summed E-state index contributed by atoms with van der Waals surface area (Å²) in [7, 11) is 0. The molecule has 0 aliphatic carbocycles. The minimum absolute atomic E-state index is 0.0588. The molecule has 0 saturated carbocycles. The summed E-state index contributed by atoms with van der Waals surface area (Å²) in [5, 5.41) is 9.12. The van der Waals surface area contributed by atoms with Crippen molar-refractivity contribution in [3.8, 4) is 0 Å². The van der Waals surface area contributed by atoms with Gasteiger partial charge in [-0.05, 0) is 37.7 Å². The number of aryl methyl sites for hydroxylation is 1. The number of hydrogen-bond donors (Lipinski definition) is 2. The SMILES string of the molecule is Cc1[nH]c(C(=O)O)c(C)c1C(=O)N1CCCC(C)(C)C1. The minimum Gasteiger partial charge on any atom is -0.477 e. The van der Waals surface area contributed by atoms with Crippen LogP contribution in [0.15, 0.2) is 0 Å². The van der Waals surface area contributed by atoms with Gasteiger partial charge in [0.2, 0.25) is 0 Å². The van der Waals surface area contributed by atoms with Gasteiger partial charge >= 0.3 is 5.97 Å². The first-order valence-electron chi connectivity index (χ1n) is 6.95. The van der Waals surface area contributed by atoms with Gasteiger partial charge in [-0.3, -0.25) is 4.79 Å². The molecule has 2 N–H and O–H groups in total. The van der Waals surface area contributed by atoms with E-state index in [1.807, 2.05) is 4.90 Å². The molecule has 0 spiro atoms. The molecule has 1 aromatic rings. The van der Waals surface area contributed by atoms with E-state index in [1.165, 1.54) is 0 Å². The highest BCUT2D eigenvalue weighted by Gasteiger charge is 2.32. The Kier molecular flexibility index (Phi) is 3.63. The van der Waals surface area contributed by atoms with E-state index in [-0.39, 0.29) is 17.0 Å². The second-order valence-electron chi connectivity index (χ2n) is 6.42. The zero-order valence-electron chi connectivity index (χ0n) is 12.5. The number of carbonyl (C=O) groups is 2. The molecule has 1 amide bonds. The molecule has 110 valence electrons. The number of amides is 1. The van der Waals surface area contributed by atoms with Gasteiger partial charge in [-0.2, -0.15) is 0 Å². The second-order valence-corrected chi connectivity index (χ2v) is 6.42. The van der Waals surface area contributed by atoms with Crippen LogP contribution in [0, 0.1) is 19.3 Å². The maximum atomic E-state index is 12.7. The molecular weight excluding hydrogens is 256 g/mol. The van der Waals surface area contributed by atoms with Crippen molar-refractivity contribution in [1.29, 1.82) is 0 Å². The molecule has 5 nitrogen and oxygen atoms in total. The highest BCUT2D eigenvalue weighted by Crippen LogP contribution is 2.30. The molecule has 5 heteroatoms. The van der Waals surface area contributed by atoms with Gasteiger partial charge in [-0.1, -0.05) is 13.8 Å². The third kappa shape index (κ3) is 2.57. The Labute approximate surface area is 119 Å². The van der Waals surface area contributed by atoms with Crippen LogP contribution >= 0.6 is 0 Å². The fourth-order valence-electron chi connectivity index (χ4n) is 3.04. The summed E-state index contributed by atoms with van der Waals surface area (Å²) in [6.07, 6.45) is 2.11. The molecule has 1 aromatic heterocycles. The zero-order chi connectivity index (χ0) is 15.1. The first kappa shape index (κ1) is 14.6. The third-order valence-corrected chi connectivity index (χ3v) is 4.05. The molecule has 1 aliphatic heterocycles. The fraction of sp³-hybridized carbons (Fsp3) is 0.600. The molecule has 2 heterocycles. The highest BCUT2D eigenvalue weighted by molar-refractivity contribution is 6.00. The average Bonchev–Trinajstić information content (AvgIpc) is 2.63. The van der Waals surface area contributed by atoms with Gasteiger partial charge < -0.3 is 15.0 Å². The predicted octanol–water partition coefficient (Wildman–Crippen LogP) is 2.59. The van der Waals surface area contributed by atoms with Crippen molar-refractivity contribution in [2.45, 2.75) is 40.5 Å². The normalized spacial score (nSPS) is 18.1. The maximum absolute atomic E-state index is 12.7. The molecule has 0 radical (unpaired) electrons. The van der Waals surface area contributed by atoms with Crippen LogP contribution in [0.25, 0.3) is 0 Å². The monoisotopic (exact) mass is 278 g/mol. The minimum atomic E-state index is -1.02. The van der Waals surface area contributed by atoms with Crippen LogP contribution in [0.3, 0.4) is 0 Å². The van der Waals surface area contributed by atoms with Crippen molar-refractivity contribution in [3.05, 3.63) is 22.5 Å². The molecule has 20 heavy (non-hydrogen) atoms. The third-order valence-electron chi connectivity index (χ3n) is 4.05. The van der Waals surface area contributed by atoms with Crippen molar-refractivity contribution in [2.75, 3.05) is 13.1 Å². The second kappa shape index (κ2) is 4.96. The summed E-state index contributed by atoms with van der Waals surface area (Å²) in [6, 6.07) is 0. The number of rotatable bonds is 2. The van der Waals surface area contributed by atoms with Crippen molar-refractivity contribution in [2.24, 2.45) is 5.41 Å².